The average Bonchev–Trinajstić information content (AvgIpc) is 3.10. The van der Waals surface area contributed by atoms with Gasteiger partial charge in [-0.05, 0) is 31.0 Å². The summed E-state index contributed by atoms with van der Waals surface area (Å²) in [4.78, 5) is 4.41. The first-order chi connectivity index (χ1) is 10.1. The molecule has 2 aromatic heterocycles. The molecular weight excluding hydrogens is 264 g/mol. The van der Waals surface area contributed by atoms with E-state index >= 15 is 0 Å². The van der Waals surface area contributed by atoms with Gasteiger partial charge < -0.3 is 14.4 Å². The van der Waals surface area contributed by atoms with Crippen molar-refractivity contribution in [3.8, 4) is 0 Å². The van der Waals surface area contributed by atoms with Crippen molar-refractivity contribution in [2.24, 2.45) is 0 Å². The van der Waals surface area contributed by atoms with Gasteiger partial charge in [0.25, 0.3) is 0 Å². The third-order valence-corrected chi connectivity index (χ3v) is 3.53. The van der Waals surface area contributed by atoms with Crippen molar-refractivity contribution in [2.45, 2.75) is 59.0 Å². The van der Waals surface area contributed by atoms with Crippen molar-refractivity contribution in [3.05, 3.63) is 35.7 Å². The highest BCUT2D eigenvalue weighted by molar-refractivity contribution is 5.16. The lowest BCUT2D eigenvalue weighted by Crippen LogP contribution is -2.21. The van der Waals surface area contributed by atoms with Crippen LogP contribution in [0.3, 0.4) is 0 Å². The van der Waals surface area contributed by atoms with Crippen LogP contribution in [0.4, 0.5) is 0 Å². The monoisotopic (exact) mass is 290 g/mol. The predicted molar refractivity (Wildman–Crippen MR) is 83.2 cm³/mol. The molecule has 0 aromatic carbocycles. The summed E-state index contributed by atoms with van der Waals surface area (Å²) in [6.45, 7) is 10.2. The lowest BCUT2D eigenvalue weighted by molar-refractivity contribution is 0.360. The van der Waals surface area contributed by atoms with Crippen LogP contribution < -0.4 is 5.32 Å². The maximum atomic E-state index is 5.24. The Morgan fingerprint density at radius 3 is 2.76 bits per heavy atom. The Morgan fingerprint density at radius 1 is 1.33 bits per heavy atom. The summed E-state index contributed by atoms with van der Waals surface area (Å²) >= 11 is 0. The summed E-state index contributed by atoms with van der Waals surface area (Å²) in [6, 6.07) is 2.59. The lowest BCUT2D eigenvalue weighted by Gasteiger charge is -2.14. The number of hydrogen-bond acceptors (Lipinski definition) is 4. The molecule has 5 nitrogen and oxygen atoms in total. The summed E-state index contributed by atoms with van der Waals surface area (Å²) in [5.74, 6) is 1.71. The van der Waals surface area contributed by atoms with Crippen molar-refractivity contribution < 1.29 is 4.52 Å². The summed E-state index contributed by atoms with van der Waals surface area (Å²) < 4.78 is 7.35. The van der Waals surface area contributed by atoms with Gasteiger partial charge in [0.2, 0.25) is 5.89 Å². The van der Waals surface area contributed by atoms with Crippen LogP contribution in [0.2, 0.25) is 0 Å². The second-order valence-electron chi connectivity index (χ2n) is 5.74. The molecule has 1 atom stereocenters. The normalized spacial score (nSPS) is 13.0. The molecule has 116 valence electrons. The van der Waals surface area contributed by atoms with Crippen LogP contribution in [0.5, 0.6) is 0 Å². The second kappa shape index (κ2) is 7.41. The molecule has 0 radical (unpaired) electrons. The molecule has 2 heterocycles. The third kappa shape index (κ3) is 4.17. The largest absolute Gasteiger partial charge is 0.346 e. The molecule has 0 fully saturated rings. The van der Waals surface area contributed by atoms with Crippen LogP contribution in [-0.4, -0.2) is 21.3 Å². The van der Waals surface area contributed by atoms with Crippen molar-refractivity contribution in [1.82, 2.24) is 20.0 Å². The van der Waals surface area contributed by atoms with Crippen molar-refractivity contribution >= 4 is 0 Å². The minimum absolute atomic E-state index is 0.272. The number of hydrogen-bond donors (Lipinski definition) is 1. The van der Waals surface area contributed by atoms with Gasteiger partial charge in [0.05, 0.1) is 6.54 Å². The Bertz CT molecular complexity index is 544. The minimum atomic E-state index is 0.272. The van der Waals surface area contributed by atoms with Crippen LogP contribution >= 0.6 is 0 Å². The molecule has 0 amide bonds. The molecule has 5 heteroatoms. The van der Waals surface area contributed by atoms with E-state index in [2.05, 4.69) is 66.2 Å². The van der Waals surface area contributed by atoms with Gasteiger partial charge in [0.1, 0.15) is 0 Å². The van der Waals surface area contributed by atoms with Crippen LogP contribution in [-0.2, 0) is 6.54 Å². The van der Waals surface area contributed by atoms with E-state index in [0.717, 1.165) is 25.2 Å². The molecule has 0 aliphatic carbocycles. The van der Waals surface area contributed by atoms with Gasteiger partial charge in [0.15, 0.2) is 5.82 Å². The lowest BCUT2D eigenvalue weighted by atomic mass is 10.1. The Balaban J connectivity index is 2.01. The Hall–Kier alpha value is -1.62. The molecular formula is C16H26N4O. The van der Waals surface area contributed by atoms with Gasteiger partial charge >= 0.3 is 0 Å². The van der Waals surface area contributed by atoms with E-state index in [1.807, 2.05) is 0 Å². The van der Waals surface area contributed by atoms with Crippen molar-refractivity contribution in [1.29, 1.82) is 0 Å². The first-order valence-electron chi connectivity index (χ1n) is 7.85. The van der Waals surface area contributed by atoms with E-state index in [9.17, 15) is 0 Å². The van der Waals surface area contributed by atoms with E-state index < -0.39 is 0 Å². The van der Waals surface area contributed by atoms with Crippen LogP contribution in [0.25, 0.3) is 0 Å². The van der Waals surface area contributed by atoms with Crippen LogP contribution in [0.1, 0.15) is 69.8 Å². The summed E-state index contributed by atoms with van der Waals surface area (Å²) in [5, 5.41) is 7.60. The fraction of sp³-hybridized carbons (Fsp3) is 0.625. The summed E-state index contributed by atoms with van der Waals surface area (Å²) in [5.41, 5.74) is 1.32. The Labute approximate surface area is 126 Å². The molecule has 1 unspecified atom stereocenters. The summed E-state index contributed by atoms with van der Waals surface area (Å²) in [7, 11) is 0. The van der Waals surface area contributed by atoms with Gasteiger partial charge in [-0.1, -0.05) is 32.9 Å². The highest BCUT2D eigenvalue weighted by Gasteiger charge is 2.12. The van der Waals surface area contributed by atoms with E-state index in [0.29, 0.717) is 18.5 Å². The number of aromatic nitrogens is 3. The van der Waals surface area contributed by atoms with E-state index in [1.54, 1.807) is 0 Å². The van der Waals surface area contributed by atoms with Crippen molar-refractivity contribution in [3.63, 3.8) is 0 Å². The molecule has 2 rings (SSSR count). The Morgan fingerprint density at radius 2 is 2.14 bits per heavy atom. The van der Waals surface area contributed by atoms with E-state index in [1.165, 1.54) is 5.56 Å². The second-order valence-corrected chi connectivity index (χ2v) is 5.74. The highest BCUT2D eigenvalue weighted by atomic mass is 16.5. The standard InChI is InChI=1S/C16H26N4O/c1-5-8-17-14(6-2)13-7-9-20(10-13)11-15-18-16(12(3)4)21-19-15/h7,9-10,12,14,17H,5-6,8,11H2,1-4H3. The van der Waals surface area contributed by atoms with Crippen LogP contribution in [0.15, 0.2) is 23.0 Å². The van der Waals surface area contributed by atoms with Gasteiger partial charge in [-0.15, -0.1) is 0 Å². The third-order valence-electron chi connectivity index (χ3n) is 3.53. The van der Waals surface area contributed by atoms with E-state index in [4.69, 9.17) is 4.52 Å². The molecule has 0 saturated carbocycles. The molecule has 0 saturated heterocycles. The fourth-order valence-electron chi connectivity index (χ4n) is 2.31. The number of rotatable bonds is 8. The number of nitrogens with one attached hydrogen (secondary N) is 1. The zero-order valence-electron chi connectivity index (χ0n) is 13.5. The minimum Gasteiger partial charge on any atom is -0.346 e. The SMILES string of the molecule is CCCNC(CC)c1ccn(Cc2noc(C(C)C)n2)c1. The van der Waals surface area contributed by atoms with Gasteiger partial charge in [-0.2, -0.15) is 4.98 Å². The molecule has 1 N–H and O–H groups in total. The van der Waals surface area contributed by atoms with Gasteiger partial charge in [0, 0.05) is 24.4 Å². The Kier molecular flexibility index (Phi) is 5.56. The smallest absolute Gasteiger partial charge is 0.229 e. The zero-order valence-corrected chi connectivity index (χ0v) is 13.5. The highest BCUT2D eigenvalue weighted by Crippen LogP contribution is 2.18. The van der Waals surface area contributed by atoms with Crippen molar-refractivity contribution in [2.75, 3.05) is 6.54 Å². The maximum absolute atomic E-state index is 5.24. The average molecular weight is 290 g/mol. The van der Waals surface area contributed by atoms with E-state index in [-0.39, 0.29) is 5.92 Å². The maximum Gasteiger partial charge on any atom is 0.229 e. The molecule has 21 heavy (non-hydrogen) atoms. The first kappa shape index (κ1) is 15.8. The molecule has 0 aliphatic heterocycles. The molecule has 0 spiro atoms. The summed E-state index contributed by atoms with van der Waals surface area (Å²) in [6.07, 6.45) is 6.49. The van der Waals surface area contributed by atoms with Gasteiger partial charge in [-0.3, -0.25) is 0 Å². The predicted octanol–water partition coefficient (Wildman–Crippen LogP) is 3.49. The topological polar surface area (TPSA) is 55.9 Å². The molecule has 0 bridgehead atoms. The van der Waals surface area contributed by atoms with Gasteiger partial charge in [-0.25, -0.2) is 0 Å². The molecule has 0 aliphatic rings. The fourth-order valence-corrected chi connectivity index (χ4v) is 2.31. The molecule has 2 aromatic rings. The zero-order chi connectivity index (χ0) is 15.2. The van der Waals surface area contributed by atoms with Crippen LogP contribution in [0, 0.1) is 0 Å². The first-order valence-corrected chi connectivity index (χ1v) is 7.85. The quantitative estimate of drug-likeness (QED) is 0.808. The number of nitrogens with zero attached hydrogens (tertiary/aromatic N) is 3.